The van der Waals surface area contributed by atoms with Gasteiger partial charge in [0.25, 0.3) is 0 Å². The largest absolute Gasteiger partial charge is 0.380 e. The molecule has 0 aliphatic rings. The Morgan fingerprint density at radius 2 is 1.86 bits per heavy atom. The first-order valence-corrected chi connectivity index (χ1v) is 8.97. The van der Waals surface area contributed by atoms with E-state index in [9.17, 15) is 5.11 Å². The van der Waals surface area contributed by atoms with Gasteiger partial charge in [0.15, 0.2) is 0 Å². The van der Waals surface area contributed by atoms with Crippen LogP contribution in [0.15, 0.2) is 52.8 Å². The van der Waals surface area contributed by atoms with E-state index >= 15 is 0 Å². The van der Waals surface area contributed by atoms with Gasteiger partial charge in [-0.15, -0.1) is 23.5 Å². The highest BCUT2D eigenvalue weighted by molar-refractivity contribution is 8.21. The maximum Gasteiger partial charge on any atom is 0.123 e. The Kier molecular flexibility index (Phi) is 5.35. The lowest BCUT2D eigenvalue weighted by atomic mass is 9.89. The highest BCUT2D eigenvalue weighted by Gasteiger charge is 2.27. The lowest BCUT2D eigenvalue weighted by Gasteiger charge is -2.24. The molecule has 0 radical (unpaired) electrons. The van der Waals surface area contributed by atoms with Crippen LogP contribution in [0.4, 0.5) is 0 Å². The summed E-state index contributed by atoms with van der Waals surface area (Å²) < 4.78 is 1.00. The molecular weight excluding hydrogens is 298 g/mol. The highest BCUT2D eigenvalue weighted by atomic mass is 32.2. The second-order valence-corrected chi connectivity index (χ2v) is 6.65. The van der Waals surface area contributed by atoms with Gasteiger partial charge in [-0.2, -0.15) is 5.26 Å². The number of nitriles is 1. The number of hydrogen-bond donors (Lipinski definition) is 1. The van der Waals surface area contributed by atoms with Crippen LogP contribution in [-0.4, -0.2) is 17.6 Å². The third-order valence-electron chi connectivity index (χ3n) is 3.36. The fraction of sp³-hybridized carbons (Fsp3) is 0.235. The van der Waals surface area contributed by atoms with Gasteiger partial charge in [-0.25, -0.2) is 0 Å². The zero-order valence-corrected chi connectivity index (χ0v) is 13.7. The highest BCUT2D eigenvalue weighted by Crippen LogP contribution is 2.35. The van der Waals surface area contributed by atoms with Gasteiger partial charge in [-0.1, -0.05) is 36.4 Å². The predicted molar refractivity (Wildman–Crippen MR) is 93.2 cm³/mol. The average Bonchev–Trinajstić information content (AvgIpc) is 2.52. The molecule has 0 spiro atoms. The van der Waals surface area contributed by atoms with Gasteiger partial charge >= 0.3 is 0 Å². The van der Waals surface area contributed by atoms with Crippen molar-refractivity contribution >= 4 is 34.3 Å². The van der Waals surface area contributed by atoms with Crippen molar-refractivity contribution in [3.63, 3.8) is 0 Å². The molecule has 2 nitrogen and oxygen atoms in total. The molecule has 0 saturated heterocycles. The van der Waals surface area contributed by atoms with Crippen LogP contribution in [0.1, 0.15) is 12.0 Å². The van der Waals surface area contributed by atoms with E-state index in [1.54, 1.807) is 29.6 Å². The van der Waals surface area contributed by atoms with Gasteiger partial charge in [0.05, 0.1) is 12.5 Å². The van der Waals surface area contributed by atoms with Crippen molar-refractivity contribution in [3.8, 4) is 6.07 Å². The fourth-order valence-electron chi connectivity index (χ4n) is 2.21. The number of benzene rings is 2. The minimum Gasteiger partial charge on any atom is -0.380 e. The molecule has 4 heteroatoms. The molecule has 1 N–H and O–H groups in total. The lowest BCUT2D eigenvalue weighted by molar-refractivity contribution is 0.0949. The van der Waals surface area contributed by atoms with Crippen LogP contribution >= 0.6 is 23.5 Å². The number of aliphatic hydroxyl groups is 1. The summed E-state index contributed by atoms with van der Waals surface area (Å²) in [7, 11) is 0. The first kappa shape index (κ1) is 16.0. The van der Waals surface area contributed by atoms with Crippen molar-refractivity contribution in [2.45, 2.75) is 12.0 Å². The van der Waals surface area contributed by atoms with E-state index in [4.69, 9.17) is 5.26 Å². The SMILES string of the molecule is CSC(=CC(O)(CC#N)c1ccc2ccccc2c1)SC. The molecule has 0 bridgehead atoms. The summed E-state index contributed by atoms with van der Waals surface area (Å²) in [6.07, 6.45) is 5.76. The van der Waals surface area contributed by atoms with Crippen molar-refractivity contribution in [2.24, 2.45) is 0 Å². The monoisotopic (exact) mass is 315 g/mol. The molecule has 2 rings (SSSR count). The number of thioether (sulfide) groups is 2. The second-order valence-electron chi connectivity index (χ2n) is 4.69. The Bertz CT molecular complexity index is 699. The normalized spacial score (nSPS) is 13.4. The van der Waals surface area contributed by atoms with Crippen molar-refractivity contribution in [1.82, 2.24) is 0 Å². The first-order valence-electron chi connectivity index (χ1n) is 6.52. The molecule has 0 amide bonds. The standard InChI is InChI=1S/C17H17NOS2/c1-20-16(21-2)12-17(19,9-10-18)15-8-7-13-5-3-4-6-14(13)11-15/h3-8,11-12,19H,9H2,1-2H3. The Morgan fingerprint density at radius 1 is 1.19 bits per heavy atom. The maximum atomic E-state index is 10.9. The van der Waals surface area contributed by atoms with Gasteiger partial charge in [-0.05, 0) is 41.0 Å². The summed E-state index contributed by atoms with van der Waals surface area (Å²) in [6.45, 7) is 0. The van der Waals surface area contributed by atoms with E-state index in [1.807, 2.05) is 55.0 Å². The predicted octanol–water partition coefficient (Wildman–Crippen LogP) is 4.51. The molecule has 0 aromatic heterocycles. The van der Waals surface area contributed by atoms with E-state index in [2.05, 4.69) is 6.07 Å². The first-order chi connectivity index (χ1) is 10.1. The quantitative estimate of drug-likeness (QED) is 0.881. The minimum absolute atomic E-state index is 0.0377. The Labute approximate surface area is 133 Å². The van der Waals surface area contributed by atoms with Crippen LogP contribution in [0.25, 0.3) is 10.8 Å². The fourth-order valence-corrected chi connectivity index (χ4v) is 3.50. The van der Waals surface area contributed by atoms with Crippen LogP contribution in [-0.2, 0) is 5.60 Å². The number of fused-ring (bicyclic) bond motifs is 1. The van der Waals surface area contributed by atoms with Gasteiger partial charge < -0.3 is 5.11 Å². The van der Waals surface area contributed by atoms with Crippen molar-refractivity contribution in [1.29, 1.82) is 5.26 Å². The molecule has 0 saturated carbocycles. The molecule has 21 heavy (non-hydrogen) atoms. The van der Waals surface area contributed by atoms with Crippen LogP contribution < -0.4 is 0 Å². The van der Waals surface area contributed by atoms with Crippen molar-refractivity contribution in [3.05, 3.63) is 58.3 Å². The van der Waals surface area contributed by atoms with Crippen molar-refractivity contribution in [2.75, 3.05) is 12.5 Å². The molecule has 1 unspecified atom stereocenters. The van der Waals surface area contributed by atoms with E-state index in [0.717, 1.165) is 20.6 Å². The molecule has 0 heterocycles. The summed E-state index contributed by atoms with van der Waals surface area (Å²) in [6, 6.07) is 15.9. The van der Waals surface area contributed by atoms with Gasteiger partial charge in [0.2, 0.25) is 0 Å². The van der Waals surface area contributed by atoms with Gasteiger partial charge in [0.1, 0.15) is 5.60 Å². The van der Waals surface area contributed by atoms with E-state index in [-0.39, 0.29) is 6.42 Å². The summed E-state index contributed by atoms with van der Waals surface area (Å²) in [5.41, 5.74) is -0.497. The summed E-state index contributed by atoms with van der Waals surface area (Å²) >= 11 is 3.15. The van der Waals surface area contributed by atoms with Crippen molar-refractivity contribution < 1.29 is 5.11 Å². The zero-order chi connectivity index (χ0) is 15.3. The summed E-state index contributed by atoms with van der Waals surface area (Å²) in [4.78, 5) is 0. The number of rotatable bonds is 5. The topological polar surface area (TPSA) is 44.0 Å². The molecule has 0 aliphatic carbocycles. The summed E-state index contributed by atoms with van der Waals surface area (Å²) in [5.74, 6) is 0. The van der Waals surface area contributed by atoms with Crippen LogP contribution in [0.2, 0.25) is 0 Å². The van der Waals surface area contributed by atoms with Gasteiger partial charge in [0, 0.05) is 4.24 Å². The molecular formula is C17H17NOS2. The second kappa shape index (κ2) is 7.04. The van der Waals surface area contributed by atoms with E-state index in [1.165, 1.54) is 0 Å². The lowest BCUT2D eigenvalue weighted by Crippen LogP contribution is -2.22. The smallest absolute Gasteiger partial charge is 0.123 e. The Hall–Kier alpha value is -1.41. The number of nitrogens with zero attached hydrogens (tertiary/aromatic N) is 1. The van der Waals surface area contributed by atoms with E-state index < -0.39 is 5.60 Å². The molecule has 2 aromatic rings. The molecule has 108 valence electrons. The minimum atomic E-state index is -1.25. The van der Waals surface area contributed by atoms with Gasteiger partial charge in [-0.3, -0.25) is 0 Å². The molecule has 0 fully saturated rings. The Morgan fingerprint density at radius 3 is 2.48 bits per heavy atom. The molecule has 1 atom stereocenters. The van der Waals surface area contributed by atoms with Crippen LogP contribution in [0, 0.1) is 11.3 Å². The molecule has 2 aromatic carbocycles. The summed E-state index contributed by atoms with van der Waals surface area (Å²) in [5, 5.41) is 22.2. The average molecular weight is 315 g/mol. The number of hydrogen-bond acceptors (Lipinski definition) is 4. The zero-order valence-electron chi connectivity index (χ0n) is 12.0. The molecule has 0 aliphatic heterocycles. The van der Waals surface area contributed by atoms with Crippen LogP contribution in [0.5, 0.6) is 0 Å². The third kappa shape index (κ3) is 3.62. The third-order valence-corrected chi connectivity index (χ3v) is 5.40. The maximum absolute atomic E-state index is 10.9. The van der Waals surface area contributed by atoms with Crippen LogP contribution in [0.3, 0.4) is 0 Å². The Balaban J connectivity index is 2.54. The van der Waals surface area contributed by atoms with E-state index in [0.29, 0.717) is 0 Å².